The molecule has 1 aliphatic rings. The molecule has 1 fully saturated rings. The number of aromatic nitrogens is 1. The maximum atomic E-state index is 5.70. The van der Waals surface area contributed by atoms with Crippen molar-refractivity contribution in [2.75, 3.05) is 52.5 Å². The maximum absolute atomic E-state index is 5.70. The van der Waals surface area contributed by atoms with Crippen molar-refractivity contribution in [1.29, 1.82) is 0 Å². The van der Waals surface area contributed by atoms with Crippen LogP contribution >= 0.6 is 11.3 Å². The van der Waals surface area contributed by atoms with Crippen LogP contribution in [0.3, 0.4) is 0 Å². The maximum Gasteiger partial charge on any atom is 0.191 e. The Bertz CT molecular complexity index is 747. The fraction of sp³-hybridized carbons (Fsp3) is 0.524. The molecule has 8 heteroatoms. The molecule has 2 aromatic rings. The van der Waals surface area contributed by atoms with Gasteiger partial charge in [-0.25, -0.2) is 0 Å². The van der Waals surface area contributed by atoms with E-state index in [9.17, 15) is 0 Å². The van der Waals surface area contributed by atoms with Gasteiger partial charge in [0.25, 0.3) is 0 Å². The third kappa shape index (κ3) is 6.99. The predicted molar refractivity (Wildman–Crippen MR) is 118 cm³/mol. The molecule has 0 amide bonds. The number of pyridine rings is 1. The number of hydrogen-bond acceptors (Lipinski definition) is 6. The van der Waals surface area contributed by atoms with Crippen molar-refractivity contribution >= 4 is 17.3 Å². The van der Waals surface area contributed by atoms with Gasteiger partial charge in [-0.2, -0.15) is 0 Å². The van der Waals surface area contributed by atoms with Gasteiger partial charge in [-0.3, -0.25) is 14.9 Å². The SMILES string of the molecule is CCNC(=NCC(c1ccc(C)s1)N1CCOCC1)NCCOc1cccnc1. The van der Waals surface area contributed by atoms with E-state index in [0.717, 1.165) is 44.6 Å². The zero-order valence-corrected chi connectivity index (χ0v) is 18.1. The lowest BCUT2D eigenvalue weighted by Gasteiger charge is -2.33. The highest BCUT2D eigenvalue weighted by atomic mass is 32.1. The first-order valence-electron chi connectivity index (χ1n) is 10.2. The van der Waals surface area contributed by atoms with Gasteiger partial charge in [0.2, 0.25) is 0 Å². The molecule has 3 heterocycles. The molecule has 29 heavy (non-hydrogen) atoms. The number of rotatable bonds is 9. The summed E-state index contributed by atoms with van der Waals surface area (Å²) < 4.78 is 11.2. The number of morpholine rings is 1. The van der Waals surface area contributed by atoms with Crippen LogP contribution in [-0.4, -0.2) is 68.4 Å². The lowest BCUT2D eigenvalue weighted by molar-refractivity contribution is 0.0186. The van der Waals surface area contributed by atoms with E-state index >= 15 is 0 Å². The Morgan fingerprint density at radius 1 is 1.31 bits per heavy atom. The highest BCUT2D eigenvalue weighted by Gasteiger charge is 2.23. The zero-order valence-electron chi connectivity index (χ0n) is 17.3. The molecule has 0 bridgehead atoms. The van der Waals surface area contributed by atoms with E-state index in [1.165, 1.54) is 9.75 Å². The summed E-state index contributed by atoms with van der Waals surface area (Å²) in [5, 5.41) is 6.69. The van der Waals surface area contributed by atoms with E-state index in [-0.39, 0.29) is 6.04 Å². The van der Waals surface area contributed by atoms with Crippen molar-refractivity contribution < 1.29 is 9.47 Å². The van der Waals surface area contributed by atoms with Gasteiger partial charge in [-0.1, -0.05) is 0 Å². The minimum Gasteiger partial charge on any atom is -0.490 e. The Hall–Kier alpha value is -2.16. The molecule has 7 nitrogen and oxygen atoms in total. The minimum atomic E-state index is 0.277. The Morgan fingerprint density at radius 3 is 2.86 bits per heavy atom. The van der Waals surface area contributed by atoms with Crippen molar-refractivity contribution in [3.05, 3.63) is 46.4 Å². The van der Waals surface area contributed by atoms with Gasteiger partial charge in [0, 0.05) is 35.6 Å². The lowest BCUT2D eigenvalue weighted by Crippen LogP contribution is -2.42. The molecular formula is C21H31N5O2S. The van der Waals surface area contributed by atoms with Crippen LogP contribution in [-0.2, 0) is 4.74 Å². The summed E-state index contributed by atoms with van der Waals surface area (Å²) in [6.07, 6.45) is 3.45. The molecule has 0 radical (unpaired) electrons. The third-order valence-corrected chi connectivity index (χ3v) is 5.74. The van der Waals surface area contributed by atoms with Crippen molar-refractivity contribution in [1.82, 2.24) is 20.5 Å². The summed E-state index contributed by atoms with van der Waals surface area (Å²) in [6.45, 7) is 10.4. The normalized spacial score (nSPS) is 16.4. The summed E-state index contributed by atoms with van der Waals surface area (Å²) >= 11 is 1.86. The second kappa shape index (κ2) is 11.7. The van der Waals surface area contributed by atoms with Gasteiger partial charge in [0.1, 0.15) is 12.4 Å². The number of nitrogens with zero attached hydrogens (tertiary/aromatic N) is 3. The summed E-state index contributed by atoms with van der Waals surface area (Å²) in [4.78, 5) is 14.1. The van der Waals surface area contributed by atoms with Crippen LogP contribution in [0, 0.1) is 6.92 Å². The first-order valence-corrected chi connectivity index (χ1v) is 11.0. The van der Waals surface area contributed by atoms with Gasteiger partial charge in [0.15, 0.2) is 5.96 Å². The van der Waals surface area contributed by atoms with Crippen molar-refractivity contribution in [3.63, 3.8) is 0 Å². The summed E-state index contributed by atoms with van der Waals surface area (Å²) in [7, 11) is 0. The molecule has 2 N–H and O–H groups in total. The molecule has 0 aromatic carbocycles. The number of aliphatic imine (C=N–C) groups is 1. The van der Waals surface area contributed by atoms with Crippen LogP contribution in [0.2, 0.25) is 0 Å². The van der Waals surface area contributed by atoms with Gasteiger partial charge in [-0.05, 0) is 38.1 Å². The number of aryl methyl sites for hydroxylation is 1. The van der Waals surface area contributed by atoms with E-state index < -0.39 is 0 Å². The predicted octanol–water partition coefficient (Wildman–Crippen LogP) is 2.46. The molecule has 0 aliphatic carbocycles. The van der Waals surface area contributed by atoms with Crippen LogP contribution in [0.1, 0.15) is 22.7 Å². The van der Waals surface area contributed by atoms with Crippen LogP contribution < -0.4 is 15.4 Å². The van der Waals surface area contributed by atoms with Gasteiger partial charge in [0.05, 0.1) is 38.5 Å². The van der Waals surface area contributed by atoms with Gasteiger partial charge < -0.3 is 20.1 Å². The number of ether oxygens (including phenoxy) is 2. The Kier molecular flexibility index (Phi) is 8.73. The van der Waals surface area contributed by atoms with E-state index in [2.05, 4.69) is 46.5 Å². The van der Waals surface area contributed by atoms with Crippen LogP contribution in [0.4, 0.5) is 0 Å². The van der Waals surface area contributed by atoms with Crippen molar-refractivity contribution in [2.24, 2.45) is 4.99 Å². The molecular weight excluding hydrogens is 386 g/mol. The molecule has 3 rings (SSSR count). The lowest BCUT2D eigenvalue weighted by atomic mass is 10.2. The molecule has 1 saturated heterocycles. The van der Waals surface area contributed by atoms with Crippen molar-refractivity contribution in [3.8, 4) is 5.75 Å². The van der Waals surface area contributed by atoms with E-state index in [4.69, 9.17) is 14.5 Å². The number of hydrogen-bond donors (Lipinski definition) is 2. The highest BCUT2D eigenvalue weighted by molar-refractivity contribution is 7.12. The van der Waals surface area contributed by atoms with E-state index in [0.29, 0.717) is 19.7 Å². The molecule has 158 valence electrons. The monoisotopic (exact) mass is 417 g/mol. The molecule has 1 atom stereocenters. The van der Waals surface area contributed by atoms with Gasteiger partial charge in [-0.15, -0.1) is 11.3 Å². The largest absolute Gasteiger partial charge is 0.490 e. The first kappa shape index (κ1) is 21.5. The summed E-state index contributed by atoms with van der Waals surface area (Å²) in [5.41, 5.74) is 0. The number of thiophene rings is 1. The smallest absolute Gasteiger partial charge is 0.191 e. The van der Waals surface area contributed by atoms with E-state index in [1.54, 1.807) is 12.4 Å². The average Bonchev–Trinajstić information content (AvgIpc) is 3.18. The number of guanidine groups is 1. The zero-order chi connectivity index (χ0) is 20.3. The Balaban J connectivity index is 1.57. The summed E-state index contributed by atoms with van der Waals surface area (Å²) in [5.74, 6) is 1.59. The molecule has 1 aliphatic heterocycles. The Labute approximate surface area is 177 Å². The topological polar surface area (TPSA) is 71.0 Å². The first-order chi connectivity index (χ1) is 14.3. The fourth-order valence-electron chi connectivity index (χ4n) is 3.20. The standard InChI is InChI=1S/C21H31N5O2S/c1-3-23-21(24-9-12-28-18-5-4-8-22-15-18)25-16-19(20-7-6-17(2)29-20)26-10-13-27-14-11-26/h4-8,15,19H,3,9-14,16H2,1-2H3,(H2,23,24,25). The quantitative estimate of drug-likeness (QED) is 0.371. The Morgan fingerprint density at radius 2 is 2.17 bits per heavy atom. The fourth-order valence-corrected chi connectivity index (χ4v) is 4.20. The highest BCUT2D eigenvalue weighted by Crippen LogP contribution is 2.28. The molecule has 1 unspecified atom stereocenters. The second-order valence-corrected chi connectivity index (χ2v) is 8.12. The molecule has 2 aromatic heterocycles. The van der Waals surface area contributed by atoms with Crippen LogP contribution in [0.15, 0.2) is 41.7 Å². The van der Waals surface area contributed by atoms with Crippen LogP contribution in [0.25, 0.3) is 0 Å². The minimum absolute atomic E-state index is 0.277. The van der Waals surface area contributed by atoms with Crippen molar-refractivity contribution in [2.45, 2.75) is 19.9 Å². The number of nitrogens with one attached hydrogen (secondary N) is 2. The average molecular weight is 418 g/mol. The van der Waals surface area contributed by atoms with Crippen LogP contribution in [0.5, 0.6) is 5.75 Å². The second-order valence-electron chi connectivity index (χ2n) is 6.80. The van der Waals surface area contributed by atoms with E-state index in [1.807, 2.05) is 23.5 Å². The van der Waals surface area contributed by atoms with Gasteiger partial charge >= 0.3 is 0 Å². The third-order valence-electron chi connectivity index (χ3n) is 4.64. The molecule has 0 spiro atoms. The molecule has 0 saturated carbocycles. The summed E-state index contributed by atoms with van der Waals surface area (Å²) in [6, 6.07) is 8.47.